The van der Waals surface area contributed by atoms with Gasteiger partial charge in [0.05, 0.1) is 28.8 Å². The Bertz CT molecular complexity index is 1280. The molecule has 1 saturated heterocycles. The first-order valence-corrected chi connectivity index (χ1v) is 10.9. The third-order valence-electron chi connectivity index (χ3n) is 6.31. The first-order chi connectivity index (χ1) is 15.4. The van der Waals surface area contributed by atoms with Crippen LogP contribution < -0.4 is 4.90 Å². The van der Waals surface area contributed by atoms with Crippen LogP contribution in [0.4, 0.5) is 5.82 Å². The summed E-state index contributed by atoms with van der Waals surface area (Å²) in [4.78, 5) is 23.4. The van der Waals surface area contributed by atoms with Crippen LogP contribution >= 0.6 is 0 Å². The van der Waals surface area contributed by atoms with E-state index in [1.807, 2.05) is 37.6 Å². The zero-order chi connectivity index (χ0) is 22.4. The summed E-state index contributed by atoms with van der Waals surface area (Å²) >= 11 is 0. The van der Waals surface area contributed by atoms with Gasteiger partial charge in [0.25, 0.3) is 0 Å². The monoisotopic (exact) mass is 430 g/mol. The predicted octanol–water partition coefficient (Wildman–Crippen LogP) is 3.96. The van der Waals surface area contributed by atoms with Gasteiger partial charge >= 0.3 is 5.97 Å². The molecule has 0 radical (unpaired) electrons. The Hall–Kier alpha value is -3.68. The predicted molar refractivity (Wildman–Crippen MR) is 123 cm³/mol. The Morgan fingerprint density at radius 1 is 1.12 bits per heavy atom. The third kappa shape index (κ3) is 3.51. The smallest absolute Gasteiger partial charge is 0.335 e. The van der Waals surface area contributed by atoms with E-state index in [0.717, 1.165) is 28.4 Å². The van der Waals surface area contributed by atoms with Crippen molar-refractivity contribution in [1.82, 2.24) is 24.3 Å². The summed E-state index contributed by atoms with van der Waals surface area (Å²) in [5.74, 6) is 0.758. The lowest BCUT2D eigenvalue weighted by atomic mass is 10.2. The van der Waals surface area contributed by atoms with Gasteiger partial charge in [-0.25, -0.2) is 14.8 Å². The molecule has 0 saturated carbocycles. The van der Waals surface area contributed by atoms with Crippen molar-refractivity contribution in [3.63, 3.8) is 0 Å². The number of hydrogen-bond acceptors (Lipinski definition) is 5. The Kier molecular flexibility index (Phi) is 4.92. The van der Waals surface area contributed by atoms with E-state index in [1.54, 1.807) is 16.8 Å². The Morgan fingerprint density at radius 3 is 2.53 bits per heavy atom. The summed E-state index contributed by atoms with van der Waals surface area (Å²) in [6.07, 6.45) is 6.12. The molecule has 1 aliphatic heterocycles. The fourth-order valence-electron chi connectivity index (χ4n) is 4.67. The molecule has 0 amide bonds. The molecule has 0 unspecified atom stereocenters. The number of benzene rings is 1. The normalized spacial score (nSPS) is 18.5. The van der Waals surface area contributed by atoms with E-state index in [2.05, 4.69) is 34.5 Å². The van der Waals surface area contributed by atoms with E-state index in [4.69, 9.17) is 9.97 Å². The number of aromatic carboxylic acids is 1. The topological polar surface area (TPSA) is 89.1 Å². The number of aryl methyl sites for hydroxylation is 1. The summed E-state index contributed by atoms with van der Waals surface area (Å²) in [7, 11) is 1.89. The highest BCUT2D eigenvalue weighted by molar-refractivity contribution is 5.93. The summed E-state index contributed by atoms with van der Waals surface area (Å²) < 4.78 is 3.84. The van der Waals surface area contributed by atoms with Gasteiger partial charge in [0, 0.05) is 37.1 Å². The van der Waals surface area contributed by atoms with Crippen LogP contribution in [0.25, 0.3) is 22.4 Å². The minimum absolute atomic E-state index is 0.219. The quantitative estimate of drug-likeness (QED) is 0.516. The van der Waals surface area contributed by atoms with E-state index < -0.39 is 5.97 Å². The molecule has 1 aromatic carbocycles. The van der Waals surface area contributed by atoms with Gasteiger partial charge in [0.2, 0.25) is 0 Å². The van der Waals surface area contributed by atoms with E-state index in [1.165, 1.54) is 12.8 Å². The van der Waals surface area contributed by atoms with Gasteiger partial charge < -0.3 is 14.6 Å². The summed E-state index contributed by atoms with van der Waals surface area (Å²) in [6.45, 7) is 5.01. The maximum Gasteiger partial charge on any atom is 0.335 e. The van der Waals surface area contributed by atoms with Gasteiger partial charge in [-0.05, 0) is 63.1 Å². The van der Waals surface area contributed by atoms with Crippen molar-refractivity contribution in [2.75, 3.05) is 4.90 Å². The Balaban J connectivity index is 1.58. The summed E-state index contributed by atoms with van der Waals surface area (Å²) in [6, 6.07) is 12.1. The van der Waals surface area contributed by atoms with Crippen LogP contribution in [0.5, 0.6) is 0 Å². The zero-order valence-electron chi connectivity index (χ0n) is 18.4. The average molecular weight is 431 g/mol. The number of carbonyl (C=O) groups is 1. The van der Waals surface area contributed by atoms with Gasteiger partial charge in [-0.1, -0.05) is 0 Å². The molecule has 0 spiro atoms. The van der Waals surface area contributed by atoms with Crippen molar-refractivity contribution < 1.29 is 9.90 Å². The fourth-order valence-corrected chi connectivity index (χ4v) is 4.67. The summed E-state index contributed by atoms with van der Waals surface area (Å²) in [5, 5.41) is 13.9. The van der Waals surface area contributed by atoms with Crippen LogP contribution in [0, 0.1) is 0 Å². The number of aromatic nitrogens is 5. The molecule has 4 aromatic rings. The molecule has 3 aromatic heterocycles. The second-order valence-corrected chi connectivity index (χ2v) is 8.60. The second-order valence-electron chi connectivity index (χ2n) is 8.60. The van der Waals surface area contributed by atoms with Crippen LogP contribution in [-0.4, -0.2) is 47.5 Å². The molecular weight excluding hydrogens is 404 g/mol. The van der Waals surface area contributed by atoms with Crippen molar-refractivity contribution in [2.24, 2.45) is 7.05 Å². The number of rotatable bonds is 5. The SMILES string of the molecule is C[C@H]1CC[C@H](C)N1c1ccc(-c2nc3cc(C(=O)O)ccc3n2Cc2ccn(C)n2)cn1. The lowest BCUT2D eigenvalue weighted by molar-refractivity contribution is 0.0697. The molecule has 5 rings (SSSR count). The largest absolute Gasteiger partial charge is 0.478 e. The highest BCUT2D eigenvalue weighted by atomic mass is 16.4. The summed E-state index contributed by atoms with van der Waals surface area (Å²) in [5.41, 5.74) is 3.51. The molecule has 164 valence electrons. The number of pyridine rings is 1. The lowest BCUT2D eigenvalue weighted by Gasteiger charge is -2.27. The molecular formula is C24H26N6O2. The molecule has 4 heterocycles. The van der Waals surface area contributed by atoms with Gasteiger partial charge in [-0.15, -0.1) is 0 Å². The van der Waals surface area contributed by atoms with Gasteiger partial charge in [0.15, 0.2) is 0 Å². The molecule has 8 heteroatoms. The van der Waals surface area contributed by atoms with E-state index in [0.29, 0.717) is 24.1 Å². The molecule has 1 aliphatic rings. The molecule has 1 fully saturated rings. The molecule has 32 heavy (non-hydrogen) atoms. The first-order valence-electron chi connectivity index (χ1n) is 10.9. The van der Waals surface area contributed by atoms with Crippen molar-refractivity contribution in [2.45, 2.75) is 45.3 Å². The number of carboxylic acids is 1. The Labute approximate surface area is 186 Å². The fraction of sp³-hybridized carbons (Fsp3) is 0.333. The molecule has 0 aliphatic carbocycles. The van der Waals surface area contributed by atoms with Gasteiger partial charge in [0.1, 0.15) is 11.6 Å². The van der Waals surface area contributed by atoms with Crippen molar-refractivity contribution in [3.05, 3.63) is 60.0 Å². The standard InChI is InChI=1S/C24H26N6O2/c1-15-4-5-16(2)30(15)22-9-7-18(13-25-22)23-26-20-12-17(24(31)32)6-8-21(20)29(23)14-19-10-11-28(3)27-19/h6-13,15-16H,4-5,14H2,1-3H3,(H,31,32)/t15-,16-/m0/s1. The minimum atomic E-state index is -0.965. The lowest BCUT2D eigenvalue weighted by Crippen LogP contribution is -2.33. The molecule has 8 nitrogen and oxygen atoms in total. The molecule has 0 bridgehead atoms. The third-order valence-corrected chi connectivity index (χ3v) is 6.31. The van der Waals surface area contributed by atoms with Crippen LogP contribution in [0.2, 0.25) is 0 Å². The van der Waals surface area contributed by atoms with Gasteiger partial charge in [-0.2, -0.15) is 5.10 Å². The van der Waals surface area contributed by atoms with E-state index in [-0.39, 0.29) is 5.56 Å². The van der Waals surface area contributed by atoms with Crippen LogP contribution in [0.1, 0.15) is 42.7 Å². The van der Waals surface area contributed by atoms with E-state index >= 15 is 0 Å². The average Bonchev–Trinajstić information content (AvgIpc) is 3.45. The number of imidazole rings is 1. The minimum Gasteiger partial charge on any atom is -0.478 e. The number of hydrogen-bond donors (Lipinski definition) is 1. The Morgan fingerprint density at radius 2 is 1.91 bits per heavy atom. The number of anilines is 1. The maximum atomic E-state index is 11.5. The first kappa shape index (κ1) is 20.2. The highest BCUT2D eigenvalue weighted by Crippen LogP contribution is 2.31. The maximum absolute atomic E-state index is 11.5. The van der Waals surface area contributed by atoms with Crippen molar-refractivity contribution >= 4 is 22.8 Å². The highest BCUT2D eigenvalue weighted by Gasteiger charge is 2.28. The van der Waals surface area contributed by atoms with Gasteiger partial charge in [-0.3, -0.25) is 4.68 Å². The molecule has 1 N–H and O–H groups in total. The second kappa shape index (κ2) is 7.78. The van der Waals surface area contributed by atoms with Crippen LogP contribution in [-0.2, 0) is 13.6 Å². The van der Waals surface area contributed by atoms with Crippen molar-refractivity contribution in [1.29, 1.82) is 0 Å². The van der Waals surface area contributed by atoms with Crippen LogP contribution in [0.3, 0.4) is 0 Å². The zero-order valence-corrected chi connectivity index (χ0v) is 18.4. The number of fused-ring (bicyclic) bond motifs is 1. The number of carboxylic acid groups (broad SMARTS) is 1. The van der Waals surface area contributed by atoms with Crippen molar-refractivity contribution in [3.8, 4) is 11.4 Å². The number of nitrogens with zero attached hydrogens (tertiary/aromatic N) is 6. The van der Waals surface area contributed by atoms with E-state index in [9.17, 15) is 9.90 Å². The van der Waals surface area contributed by atoms with Crippen LogP contribution in [0.15, 0.2) is 48.8 Å². The molecule has 2 atom stereocenters.